The summed E-state index contributed by atoms with van der Waals surface area (Å²) in [7, 11) is 0. The van der Waals surface area contributed by atoms with E-state index < -0.39 is 6.36 Å². The zero-order chi connectivity index (χ0) is 14.9. The summed E-state index contributed by atoms with van der Waals surface area (Å²) in [6.07, 6.45) is -4.70. The molecule has 2 aromatic rings. The van der Waals surface area contributed by atoms with Gasteiger partial charge in [0.1, 0.15) is 5.75 Å². The van der Waals surface area contributed by atoms with Crippen molar-refractivity contribution in [2.75, 3.05) is 0 Å². The van der Waals surface area contributed by atoms with Crippen LogP contribution in [-0.4, -0.2) is 10.9 Å². The van der Waals surface area contributed by atoms with Crippen molar-refractivity contribution in [3.05, 3.63) is 58.0 Å². The van der Waals surface area contributed by atoms with Gasteiger partial charge in [-0.15, -0.1) is 13.2 Å². The average Bonchev–Trinajstić information content (AvgIpc) is 2.28. The minimum Gasteiger partial charge on any atom is -0.406 e. The molecule has 6 heteroatoms. The molecule has 0 bridgehead atoms. The highest BCUT2D eigenvalue weighted by Gasteiger charge is 2.30. The van der Waals surface area contributed by atoms with Gasteiger partial charge in [-0.05, 0) is 38.1 Å². The van der Waals surface area contributed by atoms with E-state index in [1.165, 1.54) is 36.4 Å². The molecule has 0 fully saturated rings. The molecule has 1 aromatic heterocycles. The number of hydrogen-bond donors (Lipinski definition) is 0. The summed E-state index contributed by atoms with van der Waals surface area (Å²) in [5, 5.41) is 0. The lowest BCUT2D eigenvalue weighted by Crippen LogP contribution is -2.17. The Morgan fingerprint density at radius 3 is 1.95 bits per heavy atom. The summed E-state index contributed by atoms with van der Waals surface area (Å²) >= 11 is 0. The molecule has 0 aliphatic carbocycles. The summed E-state index contributed by atoms with van der Waals surface area (Å²) in [5.74, 6) is -0.280. The molecular weight excluding hydrogens is 271 g/mol. The zero-order valence-electron chi connectivity index (χ0n) is 10.9. The van der Waals surface area contributed by atoms with Crippen LogP contribution >= 0.6 is 0 Å². The number of benzene rings is 1. The SMILES string of the molecule is Cc1cc(=O)cc(C)n1-c1ccc(OC(F)(F)F)cc1. The third kappa shape index (κ3) is 3.20. The van der Waals surface area contributed by atoms with Gasteiger partial charge in [-0.1, -0.05) is 0 Å². The Morgan fingerprint density at radius 2 is 1.50 bits per heavy atom. The van der Waals surface area contributed by atoms with Crippen LogP contribution in [0.4, 0.5) is 13.2 Å². The molecule has 1 aromatic carbocycles. The van der Waals surface area contributed by atoms with Crippen molar-refractivity contribution in [3.63, 3.8) is 0 Å². The van der Waals surface area contributed by atoms with E-state index in [1.807, 2.05) is 0 Å². The number of hydrogen-bond acceptors (Lipinski definition) is 2. The van der Waals surface area contributed by atoms with Crippen molar-refractivity contribution < 1.29 is 17.9 Å². The van der Waals surface area contributed by atoms with Gasteiger partial charge < -0.3 is 9.30 Å². The Hall–Kier alpha value is -2.24. The van der Waals surface area contributed by atoms with E-state index in [1.54, 1.807) is 18.4 Å². The highest BCUT2D eigenvalue weighted by molar-refractivity contribution is 5.40. The van der Waals surface area contributed by atoms with E-state index in [4.69, 9.17) is 0 Å². The predicted molar refractivity (Wildman–Crippen MR) is 68.2 cm³/mol. The zero-order valence-corrected chi connectivity index (χ0v) is 10.9. The van der Waals surface area contributed by atoms with Gasteiger partial charge in [-0.25, -0.2) is 0 Å². The van der Waals surface area contributed by atoms with Crippen molar-refractivity contribution in [3.8, 4) is 11.4 Å². The van der Waals surface area contributed by atoms with Crippen LogP contribution in [0.25, 0.3) is 5.69 Å². The molecule has 0 aliphatic rings. The molecular formula is C14H12F3NO2. The third-order valence-corrected chi connectivity index (χ3v) is 2.74. The molecule has 0 saturated carbocycles. The fraction of sp³-hybridized carbons (Fsp3) is 0.214. The third-order valence-electron chi connectivity index (χ3n) is 2.74. The molecule has 1 heterocycles. The van der Waals surface area contributed by atoms with E-state index in [2.05, 4.69) is 4.74 Å². The molecule has 20 heavy (non-hydrogen) atoms. The highest BCUT2D eigenvalue weighted by atomic mass is 19.4. The van der Waals surface area contributed by atoms with Gasteiger partial charge in [0.15, 0.2) is 5.43 Å². The Balaban J connectivity index is 2.38. The monoisotopic (exact) mass is 283 g/mol. The lowest BCUT2D eigenvalue weighted by molar-refractivity contribution is -0.274. The standard InChI is InChI=1S/C14H12F3NO2/c1-9-7-12(19)8-10(2)18(9)11-3-5-13(6-4-11)20-14(15,16)17/h3-8H,1-2H3. The van der Waals surface area contributed by atoms with Gasteiger partial charge in [0.2, 0.25) is 0 Å². The van der Waals surface area contributed by atoms with Crippen molar-refractivity contribution in [2.24, 2.45) is 0 Å². The molecule has 0 unspecified atom stereocenters. The number of pyridine rings is 1. The number of nitrogens with zero attached hydrogens (tertiary/aromatic N) is 1. The lowest BCUT2D eigenvalue weighted by Gasteiger charge is -2.15. The van der Waals surface area contributed by atoms with Gasteiger partial charge in [-0.2, -0.15) is 0 Å². The number of aromatic nitrogens is 1. The summed E-state index contributed by atoms with van der Waals surface area (Å²) in [6.45, 7) is 3.52. The second-order valence-corrected chi connectivity index (χ2v) is 4.35. The fourth-order valence-electron chi connectivity index (χ4n) is 2.06. The molecule has 0 atom stereocenters. The fourth-order valence-corrected chi connectivity index (χ4v) is 2.06. The molecule has 2 rings (SSSR count). The topological polar surface area (TPSA) is 31.2 Å². The van der Waals surface area contributed by atoms with E-state index in [9.17, 15) is 18.0 Å². The Morgan fingerprint density at radius 1 is 1.00 bits per heavy atom. The van der Waals surface area contributed by atoms with Crippen molar-refractivity contribution >= 4 is 0 Å². The predicted octanol–water partition coefficient (Wildman–Crippen LogP) is 3.35. The van der Waals surface area contributed by atoms with Gasteiger partial charge >= 0.3 is 6.36 Å². The maximum absolute atomic E-state index is 12.1. The molecule has 3 nitrogen and oxygen atoms in total. The van der Waals surface area contributed by atoms with Crippen LogP contribution in [0.5, 0.6) is 5.75 Å². The van der Waals surface area contributed by atoms with E-state index >= 15 is 0 Å². The minimum atomic E-state index is -4.70. The first kappa shape index (κ1) is 14.2. The minimum absolute atomic E-state index is 0.103. The van der Waals surface area contributed by atoms with E-state index in [0.29, 0.717) is 17.1 Å². The Kier molecular flexibility index (Phi) is 3.57. The molecule has 0 radical (unpaired) electrons. The average molecular weight is 283 g/mol. The first-order valence-electron chi connectivity index (χ1n) is 5.83. The summed E-state index contributed by atoms with van der Waals surface area (Å²) in [5.41, 5.74) is 1.97. The number of ether oxygens (including phenoxy) is 1. The van der Waals surface area contributed by atoms with Gasteiger partial charge in [0.25, 0.3) is 0 Å². The van der Waals surface area contributed by atoms with Crippen LogP contribution in [-0.2, 0) is 0 Å². The first-order valence-corrected chi connectivity index (χ1v) is 5.83. The molecule has 106 valence electrons. The number of rotatable bonds is 2. The summed E-state index contributed by atoms with van der Waals surface area (Å²) in [4.78, 5) is 11.3. The summed E-state index contributed by atoms with van der Waals surface area (Å²) in [6, 6.07) is 8.41. The second-order valence-electron chi connectivity index (χ2n) is 4.35. The smallest absolute Gasteiger partial charge is 0.406 e. The largest absolute Gasteiger partial charge is 0.573 e. The van der Waals surface area contributed by atoms with Gasteiger partial charge in [-0.3, -0.25) is 4.79 Å². The molecule has 0 N–H and O–H groups in total. The molecule has 0 spiro atoms. The van der Waals surface area contributed by atoms with Crippen LogP contribution < -0.4 is 10.2 Å². The van der Waals surface area contributed by atoms with Gasteiger partial charge in [0, 0.05) is 29.2 Å². The number of aryl methyl sites for hydroxylation is 2. The quantitative estimate of drug-likeness (QED) is 0.846. The first-order chi connectivity index (χ1) is 9.26. The van der Waals surface area contributed by atoms with Gasteiger partial charge in [0.05, 0.1) is 0 Å². The van der Waals surface area contributed by atoms with Crippen molar-refractivity contribution in [2.45, 2.75) is 20.2 Å². The van der Waals surface area contributed by atoms with Crippen LogP contribution in [0.1, 0.15) is 11.4 Å². The van der Waals surface area contributed by atoms with Crippen molar-refractivity contribution in [1.82, 2.24) is 4.57 Å². The summed E-state index contributed by atoms with van der Waals surface area (Å²) < 4.78 is 41.8. The number of halogens is 3. The maximum atomic E-state index is 12.1. The van der Waals surface area contributed by atoms with Crippen LogP contribution in [0.3, 0.4) is 0 Å². The van der Waals surface area contributed by atoms with Crippen LogP contribution in [0, 0.1) is 13.8 Å². The van der Waals surface area contributed by atoms with Crippen LogP contribution in [0.2, 0.25) is 0 Å². The Bertz CT molecular complexity index is 646. The lowest BCUT2D eigenvalue weighted by atomic mass is 10.2. The highest BCUT2D eigenvalue weighted by Crippen LogP contribution is 2.24. The second kappa shape index (κ2) is 5.03. The van der Waals surface area contributed by atoms with E-state index in [0.717, 1.165) is 0 Å². The normalized spacial score (nSPS) is 11.4. The molecule has 0 aliphatic heterocycles. The Labute approximate surface area is 113 Å². The van der Waals surface area contributed by atoms with Crippen molar-refractivity contribution in [1.29, 1.82) is 0 Å². The molecule has 0 saturated heterocycles. The molecule has 0 amide bonds. The van der Waals surface area contributed by atoms with Crippen LogP contribution in [0.15, 0.2) is 41.2 Å². The van der Waals surface area contributed by atoms with E-state index in [-0.39, 0.29) is 11.2 Å². The maximum Gasteiger partial charge on any atom is 0.573 e. The number of alkyl halides is 3.